The first-order chi connectivity index (χ1) is 9.70. The fourth-order valence-electron chi connectivity index (χ4n) is 3.10. The molecule has 0 unspecified atom stereocenters. The molecule has 1 amide bonds. The number of aromatic nitrogens is 2. The Hall–Kier alpha value is -1.32. The molecule has 112 valence electrons. The van der Waals surface area contributed by atoms with Gasteiger partial charge in [0.2, 0.25) is 5.91 Å². The summed E-state index contributed by atoms with van der Waals surface area (Å²) in [6.45, 7) is 3.59. The molecule has 0 atom stereocenters. The van der Waals surface area contributed by atoms with Crippen LogP contribution in [0.1, 0.15) is 57.6 Å². The second-order valence-electron chi connectivity index (χ2n) is 5.93. The number of hydrogen-bond acceptors (Lipinski definition) is 2. The van der Waals surface area contributed by atoms with Crippen LogP contribution in [-0.4, -0.2) is 27.6 Å². The molecule has 1 aliphatic carbocycles. The normalized spacial score (nSPS) is 16.3. The average Bonchev–Trinajstić information content (AvgIpc) is 2.93. The Labute approximate surface area is 122 Å². The molecule has 2 rings (SSSR count). The van der Waals surface area contributed by atoms with Crippen molar-refractivity contribution in [1.29, 1.82) is 0 Å². The summed E-state index contributed by atoms with van der Waals surface area (Å²) < 4.78 is 1.95. The van der Waals surface area contributed by atoms with Gasteiger partial charge in [0.25, 0.3) is 0 Å². The fraction of sp³-hybridized carbons (Fsp3) is 0.750. The summed E-state index contributed by atoms with van der Waals surface area (Å²) in [4.78, 5) is 14.0. The standard InChI is InChI=1S/C16H27N3O/c1-3-19-15(11-12-17-19)13-18(2)16(20)10-9-14-7-5-4-6-8-14/h11-12,14H,3-10,13H2,1-2H3. The molecule has 0 bridgehead atoms. The first-order valence-electron chi connectivity index (χ1n) is 7.95. The lowest BCUT2D eigenvalue weighted by Gasteiger charge is -2.23. The van der Waals surface area contributed by atoms with Gasteiger partial charge in [-0.1, -0.05) is 32.1 Å². The fourth-order valence-corrected chi connectivity index (χ4v) is 3.10. The van der Waals surface area contributed by atoms with Crippen LogP contribution < -0.4 is 0 Å². The van der Waals surface area contributed by atoms with Crippen molar-refractivity contribution in [1.82, 2.24) is 14.7 Å². The third-order valence-electron chi connectivity index (χ3n) is 4.42. The zero-order valence-electron chi connectivity index (χ0n) is 12.8. The number of carbonyl (C=O) groups excluding carboxylic acids is 1. The van der Waals surface area contributed by atoms with Crippen molar-refractivity contribution in [3.63, 3.8) is 0 Å². The van der Waals surface area contributed by atoms with Crippen molar-refractivity contribution in [2.45, 2.75) is 65.0 Å². The van der Waals surface area contributed by atoms with E-state index in [0.717, 1.165) is 24.6 Å². The van der Waals surface area contributed by atoms with Gasteiger partial charge < -0.3 is 4.90 Å². The lowest BCUT2D eigenvalue weighted by molar-refractivity contribution is -0.130. The van der Waals surface area contributed by atoms with Crippen LogP contribution in [0.5, 0.6) is 0 Å². The van der Waals surface area contributed by atoms with Gasteiger partial charge in [-0.3, -0.25) is 9.48 Å². The van der Waals surface area contributed by atoms with E-state index in [1.807, 2.05) is 22.7 Å². The van der Waals surface area contributed by atoms with E-state index in [-0.39, 0.29) is 5.91 Å². The average molecular weight is 277 g/mol. The van der Waals surface area contributed by atoms with E-state index in [4.69, 9.17) is 0 Å². The van der Waals surface area contributed by atoms with Crippen LogP contribution in [0.4, 0.5) is 0 Å². The van der Waals surface area contributed by atoms with Crippen molar-refractivity contribution in [3.05, 3.63) is 18.0 Å². The van der Waals surface area contributed by atoms with Gasteiger partial charge in [0, 0.05) is 26.2 Å². The molecule has 1 aromatic heterocycles. The summed E-state index contributed by atoms with van der Waals surface area (Å²) in [6.07, 6.45) is 10.3. The molecule has 20 heavy (non-hydrogen) atoms. The highest BCUT2D eigenvalue weighted by Gasteiger charge is 2.17. The predicted molar refractivity (Wildman–Crippen MR) is 80.2 cm³/mol. The van der Waals surface area contributed by atoms with Crippen molar-refractivity contribution < 1.29 is 4.79 Å². The van der Waals surface area contributed by atoms with Gasteiger partial charge in [-0.05, 0) is 25.3 Å². The van der Waals surface area contributed by atoms with Gasteiger partial charge in [-0.25, -0.2) is 0 Å². The second-order valence-corrected chi connectivity index (χ2v) is 5.93. The highest BCUT2D eigenvalue weighted by Crippen LogP contribution is 2.27. The minimum Gasteiger partial charge on any atom is -0.340 e. The molecule has 1 fully saturated rings. The Balaban J connectivity index is 1.76. The zero-order chi connectivity index (χ0) is 14.4. The van der Waals surface area contributed by atoms with Crippen LogP contribution in [0.2, 0.25) is 0 Å². The number of amides is 1. The van der Waals surface area contributed by atoms with Gasteiger partial charge in [-0.2, -0.15) is 5.10 Å². The summed E-state index contributed by atoms with van der Waals surface area (Å²) in [5.41, 5.74) is 1.11. The maximum absolute atomic E-state index is 12.2. The molecule has 1 aliphatic rings. The molecule has 0 N–H and O–H groups in total. The minimum absolute atomic E-state index is 0.263. The third kappa shape index (κ3) is 4.09. The summed E-state index contributed by atoms with van der Waals surface area (Å²) in [7, 11) is 1.90. The maximum atomic E-state index is 12.2. The van der Waals surface area contributed by atoms with E-state index >= 15 is 0 Å². The van der Waals surface area contributed by atoms with Crippen molar-refractivity contribution in [2.24, 2.45) is 5.92 Å². The Bertz CT molecular complexity index is 421. The number of rotatable bonds is 6. The highest BCUT2D eigenvalue weighted by molar-refractivity contribution is 5.75. The van der Waals surface area contributed by atoms with Gasteiger partial charge in [0.05, 0.1) is 12.2 Å². The Morgan fingerprint density at radius 3 is 2.85 bits per heavy atom. The minimum atomic E-state index is 0.263. The first kappa shape index (κ1) is 15.1. The van der Waals surface area contributed by atoms with Crippen LogP contribution in [0, 0.1) is 5.92 Å². The van der Waals surface area contributed by atoms with Crippen LogP contribution in [0.3, 0.4) is 0 Å². The first-order valence-corrected chi connectivity index (χ1v) is 7.95. The largest absolute Gasteiger partial charge is 0.340 e. The van der Waals surface area contributed by atoms with Gasteiger partial charge in [-0.15, -0.1) is 0 Å². The molecule has 4 heteroatoms. The Kier molecular flexibility index (Phi) is 5.62. The summed E-state index contributed by atoms with van der Waals surface area (Å²) in [5.74, 6) is 1.04. The lowest BCUT2D eigenvalue weighted by Crippen LogP contribution is -2.27. The van der Waals surface area contributed by atoms with Gasteiger partial charge in [0.15, 0.2) is 0 Å². The molecule has 0 spiro atoms. The topological polar surface area (TPSA) is 38.1 Å². The maximum Gasteiger partial charge on any atom is 0.222 e. The van der Waals surface area contributed by atoms with E-state index in [1.54, 1.807) is 6.20 Å². The Morgan fingerprint density at radius 2 is 2.15 bits per heavy atom. The monoisotopic (exact) mass is 277 g/mol. The zero-order valence-corrected chi connectivity index (χ0v) is 12.8. The number of hydrogen-bond donors (Lipinski definition) is 0. The second kappa shape index (κ2) is 7.46. The molecule has 0 aromatic carbocycles. The molecule has 1 saturated carbocycles. The van der Waals surface area contributed by atoms with Gasteiger partial charge >= 0.3 is 0 Å². The SMILES string of the molecule is CCn1nccc1CN(C)C(=O)CCC1CCCCC1. The summed E-state index contributed by atoms with van der Waals surface area (Å²) in [5, 5.41) is 4.25. The number of nitrogens with zero attached hydrogens (tertiary/aromatic N) is 3. The van der Waals surface area contributed by atoms with E-state index in [2.05, 4.69) is 12.0 Å². The quantitative estimate of drug-likeness (QED) is 0.800. The van der Waals surface area contributed by atoms with Gasteiger partial charge in [0.1, 0.15) is 0 Å². The van der Waals surface area contributed by atoms with E-state index in [1.165, 1.54) is 32.1 Å². The molecule has 0 radical (unpaired) electrons. The van der Waals surface area contributed by atoms with E-state index < -0.39 is 0 Å². The Morgan fingerprint density at radius 1 is 1.40 bits per heavy atom. The van der Waals surface area contributed by atoms with Crippen LogP contribution in [0.25, 0.3) is 0 Å². The predicted octanol–water partition coefficient (Wildman–Crippen LogP) is 3.22. The van der Waals surface area contributed by atoms with Crippen molar-refractivity contribution >= 4 is 5.91 Å². The molecule has 1 aromatic rings. The van der Waals surface area contributed by atoms with Crippen molar-refractivity contribution in [3.8, 4) is 0 Å². The van der Waals surface area contributed by atoms with Crippen LogP contribution >= 0.6 is 0 Å². The molecule has 1 heterocycles. The molecular weight excluding hydrogens is 250 g/mol. The smallest absolute Gasteiger partial charge is 0.222 e. The molecule has 0 aliphatic heterocycles. The lowest BCUT2D eigenvalue weighted by atomic mass is 9.86. The third-order valence-corrected chi connectivity index (χ3v) is 4.42. The highest BCUT2D eigenvalue weighted by atomic mass is 16.2. The molecular formula is C16H27N3O. The molecule has 4 nitrogen and oxygen atoms in total. The number of aryl methyl sites for hydroxylation is 1. The summed E-state index contributed by atoms with van der Waals surface area (Å²) >= 11 is 0. The van der Waals surface area contributed by atoms with E-state index in [0.29, 0.717) is 13.0 Å². The van der Waals surface area contributed by atoms with Crippen LogP contribution in [-0.2, 0) is 17.9 Å². The van der Waals surface area contributed by atoms with Crippen molar-refractivity contribution in [2.75, 3.05) is 7.05 Å². The van der Waals surface area contributed by atoms with E-state index in [9.17, 15) is 4.79 Å². The summed E-state index contributed by atoms with van der Waals surface area (Å²) in [6, 6.07) is 1.99. The molecule has 0 saturated heterocycles. The number of carbonyl (C=O) groups is 1. The van der Waals surface area contributed by atoms with Crippen LogP contribution in [0.15, 0.2) is 12.3 Å².